The summed E-state index contributed by atoms with van der Waals surface area (Å²) in [6.07, 6.45) is 57.1. The molecule has 79 heavy (non-hydrogen) atoms. The number of carbonyl (C=O) groups excluding carboxylic acids is 3. The van der Waals surface area contributed by atoms with E-state index < -0.39 is 67.3 Å². The van der Waals surface area contributed by atoms with Crippen molar-refractivity contribution in [3.8, 4) is 0 Å². The van der Waals surface area contributed by atoms with Crippen molar-refractivity contribution >= 4 is 23.9 Å². The second kappa shape index (κ2) is 54.7. The third kappa shape index (κ3) is 44.5. The van der Waals surface area contributed by atoms with Gasteiger partial charge in [0.1, 0.15) is 18.8 Å². The zero-order valence-corrected chi connectivity index (χ0v) is 50.1. The Morgan fingerprint density at radius 2 is 0.797 bits per heavy atom. The van der Waals surface area contributed by atoms with E-state index in [1.807, 2.05) is 0 Å². The van der Waals surface area contributed by atoms with Gasteiger partial charge in [0.25, 0.3) is 0 Å². The fraction of sp³-hybridized carbons (Fsp3) is 0.761. The van der Waals surface area contributed by atoms with Crippen LogP contribution in [0.4, 0.5) is 0 Å². The van der Waals surface area contributed by atoms with Gasteiger partial charge in [0.15, 0.2) is 24.6 Å². The first kappa shape index (κ1) is 73.2. The molecule has 0 aromatic heterocycles. The number of esters is 3. The third-order valence-electron chi connectivity index (χ3n) is 14.2. The van der Waals surface area contributed by atoms with E-state index in [4.69, 9.17) is 23.7 Å². The van der Waals surface area contributed by atoms with Crippen LogP contribution in [-0.4, -0.2) is 89.2 Å². The molecular formula is C67H114O12. The number of unbranched alkanes of at least 4 members (excludes halogenated alkanes) is 28. The first-order chi connectivity index (χ1) is 38.6. The van der Waals surface area contributed by atoms with E-state index in [9.17, 15) is 34.5 Å². The summed E-state index contributed by atoms with van der Waals surface area (Å²) in [4.78, 5) is 51.3. The van der Waals surface area contributed by atoms with Gasteiger partial charge in [0.2, 0.25) is 0 Å². The number of carboxylic acids is 1. The van der Waals surface area contributed by atoms with Gasteiger partial charge in [0.05, 0.1) is 6.61 Å². The lowest BCUT2D eigenvalue weighted by atomic mass is 9.98. The number of aliphatic hydroxyl groups is 2. The van der Waals surface area contributed by atoms with Crippen molar-refractivity contribution in [3.63, 3.8) is 0 Å². The molecule has 1 saturated heterocycles. The molecule has 3 N–H and O–H groups in total. The van der Waals surface area contributed by atoms with Gasteiger partial charge in [-0.2, -0.15) is 0 Å². The molecule has 1 heterocycles. The maximum absolute atomic E-state index is 13.2. The van der Waals surface area contributed by atoms with Crippen LogP contribution in [0.1, 0.15) is 278 Å². The Morgan fingerprint density at radius 3 is 1.25 bits per heavy atom. The van der Waals surface area contributed by atoms with Crippen molar-refractivity contribution in [1.82, 2.24) is 0 Å². The average Bonchev–Trinajstić information content (AvgIpc) is 3.46. The molecule has 0 aliphatic carbocycles. The van der Waals surface area contributed by atoms with E-state index in [1.54, 1.807) is 0 Å². The minimum Gasteiger partial charge on any atom is -0.479 e. The summed E-state index contributed by atoms with van der Waals surface area (Å²) in [5.41, 5.74) is 0. The van der Waals surface area contributed by atoms with Gasteiger partial charge in [-0.3, -0.25) is 14.4 Å². The molecule has 0 amide bonds. The fourth-order valence-electron chi connectivity index (χ4n) is 9.35. The molecule has 0 radical (unpaired) electrons. The maximum atomic E-state index is 13.2. The van der Waals surface area contributed by atoms with Gasteiger partial charge in [-0.05, 0) is 109 Å². The second-order valence-corrected chi connectivity index (χ2v) is 21.7. The molecule has 0 saturated carbocycles. The van der Waals surface area contributed by atoms with E-state index >= 15 is 0 Å². The van der Waals surface area contributed by atoms with Crippen LogP contribution in [0, 0.1) is 0 Å². The van der Waals surface area contributed by atoms with Crippen LogP contribution in [0.25, 0.3) is 0 Å². The lowest BCUT2D eigenvalue weighted by Gasteiger charge is -2.40. The SMILES string of the molecule is CC/C=C\C/C=C\C/C=C\CCCCCCCC(=O)OC(COC(=O)CCCCCCCCC/C=C\C/C=C\CCCCC)COC1OC(C(=O)O)C(O)C(O)C1OC(=O)CCCCCCCCC/C=C\CCCCCCCC. The quantitative estimate of drug-likeness (QED) is 0.0228. The van der Waals surface area contributed by atoms with E-state index in [1.165, 1.54) is 96.3 Å². The number of rotatable bonds is 54. The van der Waals surface area contributed by atoms with Crippen LogP contribution in [0.3, 0.4) is 0 Å². The summed E-state index contributed by atoms with van der Waals surface area (Å²) >= 11 is 0. The number of hydrogen-bond acceptors (Lipinski definition) is 11. The maximum Gasteiger partial charge on any atom is 0.335 e. The van der Waals surface area contributed by atoms with Crippen LogP contribution in [-0.2, 0) is 42.9 Å². The van der Waals surface area contributed by atoms with Gasteiger partial charge < -0.3 is 39.0 Å². The van der Waals surface area contributed by atoms with Crippen LogP contribution in [0.5, 0.6) is 0 Å². The minimum absolute atomic E-state index is 0.0516. The molecule has 1 aliphatic rings. The number of allylic oxidation sites excluding steroid dienone is 12. The number of ether oxygens (including phenoxy) is 5. The van der Waals surface area contributed by atoms with Crippen LogP contribution in [0.2, 0.25) is 0 Å². The van der Waals surface area contributed by atoms with Crippen molar-refractivity contribution in [3.05, 3.63) is 72.9 Å². The molecule has 6 unspecified atom stereocenters. The van der Waals surface area contributed by atoms with Crippen molar-refractivity contribution in [2.75, 3.05) is 13.2 Å². The summed E-state index contributed by atoms with van der Waals surface area (Å²) in [7, 11) is 0. The van der Waals surface area contributed by atoms with E-state index in [2.05, 4.69) is 93.7 Å². The zero-order chi connectivity index (χ0) is 57.5. The Balaban J connectivity index is 2.68. The standard InChI is InChI=1S/C67H114O12/c1-4-7-10-13-16-19-22-25-28-30-33-35-38-41-44-47-50-53-59(68)75-56-58(77-60(69)54-51-48-45-42-39-36-32-27-24-21-18-15-12-9-6-3)57-76-67-65(63(72)62(71)64(79-67)66(73)74)78-61(70)55-52-49-46-43-40-37-34-31-29-26-23-20-17-14-11-8-5-2/h9,12,16,18-19,21,25-29,32,58,62-65,67,71-72H,4-8,10-11,13-15,17,20,22-24,30-31,33-57H2,1-3H3,(H,73,74)/b12-9-,19-16-,21-18-,28-25-,29-26-,32-27-. The molecule has 0 aromatic rings. The molecule has 1 aliphatic heterocycles. The van der Waals surface area contributed by atoms with Gasteiger partial charge in [-0.25, -0.2) is 4.79 Å². The number of carboxylic acid groups (broad SMARTS) is 1. The van der Waals surface area contributed by atoms with Crippen molar-refractivity contribution in [2.45, 2.75) is 314 Å². The van der Waals surface area contributed by atoms with E-state index in [0.717, 1.165) is 122 Å². The van der Waals surface area contributed by atoms with Gasteiger partial charge in [0, 0.05) is 19.3 Å². The molecule has 12 nitrogen and oxygen atoms in total. The molecule has 12 heteroatoms. The number of hydrogen-bond donors (Lipinski definition) is 3. The molecule has 0 spiro atoms. The van der Waals surface area contributed by atoms with Crippen LogP contribution < -0.4 is 0 Å². The lowest BCUT2D eigenvalue weighted by Crippen LogP contribution is -2.61. The smallest absolute Gasteiger partial charge is 0.335 e. The predicted octanol–water partition coefficient (Wildman–Crippen LogP) is 16.9. The monoisotopic (exact) mass is 1110 g/mol. The molecule has 0 aromatic carbocycles. The van der Waals surface area contributed by atoms with Crippen LogP contribution in [0.15, 0.2) is 72.9 Å². The summed E-state index contributed by atoms with van der Waals surface area (Å²) in [5.74, 6) is -3.15. The Kier molecular flexibility index (Phi) is 50.7. The highest BCUT2D eigenvalue weighted by Crippen LogP contribution is 2.26. The molecule has 1 rings (SSSR count). The topological polar surface area (TPSA) is 175 Å². The Morgan fingerprint density at radius 1 is 0.430 bits per heavy atom. The fourth-order valence-corrected chi connectivity index (χ4v) is 9.35. The third-order valence-corrected chi connectivity index (χ3v) is 14.2. The highest BCUT2D eigenvalue weighted by Gasteiger charge is 2.50. The van der Waals surface area contributed by atoms with Gasteiger partial charge >= 0.3 is 23.9 Å². The second-order valence-electron chi connectivity index (χ2n) is 21.7. The highest BCUT2D eigenvalue weighted by molar-refractivity contribution is 5.74. The van der Waals surface area contributed by atoms with Gasteiger partial charge in [-0.15, -0.1) is 0 Å². The van der Waals surface area contributed by atoms with Crippen molar-refractivity contribution in [2.24, 2.45) is 0 Å². The van der Waals surface area contributed by atoms with Crippen molar-refractivity contribution < 1.29 is 58.2 Å². The predicted molar refractivity (Wildman–Crippen MR) is 322 cm³/mol. The van der Waals surface area contributed by atoms with Gasteiger partial charge in [-0.1, -0.05) is 222 Å². The Labute approximate surface area is 480 Å². The zero-order valence-electron chi connectivity index (χ0n) is 50.1. The largest absolute Gasteiger partial charge is 0.479 e. The first-order valence-corrected chi connectivity index (χ1v) is 31.9. The summed E-state index contributed by atoms with van der Waals surface area (Å²) < 4.78 is 28.5. The number of aliphatic hydroxyl groups excluding tert-OH is 2. The first-order valence-electron chi connectivity index (χ1n) is 31.9. The number of aliphatic carboxylic acids is 1. The molecule has 0 bridgehead atoms. The lowest BCUT2D eigenvalue weighted by molar-refractivity contribution is -0.301. The highest BCUT2D eigenvalue weighted by atomic mass is 16.7. The van der Waals surface area contributed by atoms with Crippen molar-refractivity contribution in [1.29, 1.82) is 0 Å². The van der Waals surface area contributed by atoms with Crippen LogP contribution >= 0.6 is 0 Å². The number of carbonyl (C=O) groups is 4. The normalized spacial score (nSPS) is 18.3. The summed E-state index contributed by atoms with van der Waals surface area (Å²) in [6.45, 7) is 5.85. The Bertz CT molecular complexity index is 1650. The summed E-state index contributed by atoms with van der Waals surface area (Å²) in [5, 5.41) is 31.6. The summed E-state index contributed by atoms with van der Waals surface area (Å²) in [6, 6.07) is 0. The molecule has 454 valence electrons. The van der Waals surface area contributed by atoms with E-state index in [0.29, 0.717) is 19.3 Å². The van der Waals surface area contributed by atoms with E-state index in [-0.39, 0.29) is 25.9 Å². The minimum atomic E-state index is -1.91. The Hall–Kier alpha value is -3.84. The molecule has 1 fully saturated rings. The molecular weight excluding hydrogens is 997 g/mol. The average molecular weight is 1110 g/mol. The molecule has 6 atom stereocenters.